The fraction of sp³-hybridized carbons (Fsp3) is 0.600. The Morgan fingerprint density at radius 1 is 0.796 bits per heavy atom. The highest BCUT2D eigenvalue weighted by Gasteiger charge is 2.67. The van der Waals surface area contributed by atoms with Crippen molar-refractivity contribution in [3.63, 3.8) is 0 Å². The second-order valence-corrected chi connectivity index (χ2v) is 17.8. The summed E-state index contributed by atoms with van der Waals surface area (Å²) in [5, 5.41) is 2.74. The fourth-order valence-corrected chi connectivity index (χ4v) is 11.5. The monoisotopic (exact) mass is 688 g/mol. The molecule has 49 heavy (non-hydrogen) atoms. The molecule has 3 unspecified atom stereocenters. The van der Waals surface area contributed by atoms with E-state index in [9.17, 15) is 19.2 Å². The zero-order chi connectivity index (χ0) is 35.7. The van der Waals surface area contributed by atoms with Gasteiger partial charge in [0, 0.05) is 42.2 Å². The van der Waals surface area contributed by atoms with E-state index in [2.05, 4.69) is 52.1 Å². The molecule has 0 heterocycles. The first-order valence-electron chi connectivity index (χ1n) is 17.7. The third kappa shape index (κ3) is 5.87. The highest BCUT2D eigenvalue weighted by atomic mass is 32.2. The predicted molar refractivity (Wildman–Crippen MR) is 191 cm³/mol. The summed E-state index contributed by atoms with van der Waals surface area (Å²) in [4.78, 5) is 50.1. The molecule has 0 aliphatic heterocycles. The van der Waals surface area contributed by atoms with Crippen LogP contribution in [0.1, 0.15) is 100 Å². The lowest BCUT2D eigenvalue weighted by Gasteiger charge is -2.70. The Hall–Kier alpha value is -3.33. The molecule has 1 aromatic carbocycles. The molecule has 8 nitrogen and oxygen atoms in total. The number of ether oxygens (including phenoxy) is 2. The van der Waals surface area contributed by atoms with Crippen LogP contribution in [0.3, 0.4) is 0 Å². The van der Waals surface area contributed by atoms with Gasteiger partial charge in [0.1, 0.15) is 0 Å². The summed E-state index contributed by atoms with van der Waals surface area (Å²) in [7, 11) is 0. The van der Waals surface area contributed by atoms with E-state index in [1.54, 1.807) is 11.8 Å². The molecule has 0 radical (unpaired) electrons. The SMILES string of the molecule is CC(=O)Nc1ccc(SC2C=C3[C@@](C)(CC[C@@]4(C)[C@@H]5C[C@](C)(C(N)=O)CC[C@]5(C)CC[C@]34C)C3=CC(OC(C)=O)C(OC(C)=O)C=C32)cc1. The van der Waals surface area contributed by atoms with Crippen LogP contribution in [0.4, 0.5) is 5.69 Å². The van der Waals surface area contributed by atoms with E-state index in [4.69, 9.17) is 15.2 Å². The van der Waals surface area contributed by atoms with Crippen molar-refractivity contribution in [1.29, 1.82) is 0 Å². The van der Waals surface area contributed by atoms with E-state index >= 15 is 0 Å². The molecule has 5 aliphatic carbocycles. The molecule has 264 valence electrons. The van der Waals surface area contributed by atoms with Gasteiger partial charge >= 0.3 is 11.9 Å². The maximum Gasteiger partial charge on any atom is 0.303 e. The molecule has 0 bridgehead atoms. The molecular formula is C40H52N2O6S. The van der Waals surface area contributed by atoms with Gasteiger partial charge in [0.15, 0.2) is 12.2 Å². The predicted octanol–water partition coefficient (Wildman–Crippen LogP) is 7.68. The summed E-state index contributed by atoms with van der Waals surface area (Å²) >= 11 is 1.72. The number of anilines is 1. The number of hydrogen-bond donors (Lipinski definition) is 2. The number of carbonyl (C=O) groups excluding carboxylic acids is 4. The van der Waals surface area contributed by atoms with E-state index in [0.717, 1.165) is 66.7 Å². The van der Waals surface area contributed by atoms with Crippen LogP contribution in [0.25, 0.3) is 0 Å². The number of nitrogens with two attached hydrogens (primary N) is 1. The Balaban J connectivity index is 1.49. The standard InChI is InChI=1S/C40H52N2O6S/c1-23(43)42-26-9-11-27(12-10-26)49-32-21-33-38(6,29-20-31(48-25(3)45)30(19-28(29)32)47-24(2)44)16-18-40(8)34-22-37(5,35(41)46)14-13-36(34,4)15-17-39(33,40)7/h9-12,19-21,30-32,34H,13-18,22H2,1-8H3,(H2,41,46)(H,42,43)/t30?,31?,32?,34-,36-,37-,38+,39-,40+/m1/s1. The summed E-state index contributed by atoms with van der Waals surface area (Å²) in [5.41, 5.74) is 9.49. The van der Waals surface area contributed by atoms with Gasteiger partial charge in [0.2, 0.25) is 11.8 Å². The van der Waals surface area contributed by atoms with Crippen LogP contribution >= 0.6 is 11.8 Å². The van der Waals surface area contributed by atoms with Crippen molar-refractivity contribution in [2.24, 2.45) is 38.7 Å². The van der Waals surface area contributed by atoms with Crippen molar-refractivity contribution in [1.82, 2.24) is 0 Å². The summed E-state index contributed by atoms with van der Waals surface area (Å²) in [6.45, 7) is 16.0. The maximum absolute atomic E-state index is 12.8. The van der Waals surface area contributed by atoms with Gasteiger partial charge in [-0.3, -0.25) is 19.2 Å². The number of allylic oxidation sites excluding steroid dienone is 2. The topological polar surface area (TPSA) is 125 Å². The first kappa shape index (κ1) is 35.5. The summed E-state index contributed by atoms with van der Waals surface area (Å²) in [5.74, 6) is -0.841. The lowest BCUT2D eigenvalue weighted by molar-refractivity contribution is -0.168. The zero-order valence-electron chi connectivity index (χ0n) is 30.2. The Labute approximate surface area is 295 Å². The lowest BCUT2D eigenvalue weighted by atomic mass is 9.34. The minimum atomic E-state index is -0.738. The minimum Gasteiger partial charge on any atom is -0.454 e. The number of esters is 2. The van der Waals surface area contributed by atoms with Crippen LogP contribution < -0.4 is 11.1 Å². The molecule has 3 N–H and O–H groups in total. The zero-order valence-corrected chi connectivity index (χ0v) is 31.1. The molecule has 6 rings (SSSR count). The summed E-state index contributed by atoms with van der Waals surface area (Å²) < 4.78 is 11.6. The molecule has 3 saturated carbocycles. The van der Waals surface area contributed by atoms with E-state index in [1.807, 2.05) is 30.3 Å². The largest absolute Gasteiger partial charge is 0.454 e. The normalized spacial score (nSPS) is 39.3. The van der Waals surface area contributed by atoms with Crippen molar-refractivity contribution in [3.05, 3.63) is 59.2 Å². The van der Waals surface area contributed by atoms with Crippen molar-refractivity contribution >= 4 is 41.2 Å². The van der Waals surface area contributed by atoms with Crippen molar-refractivity contribution in [2.75, 3.05) is 5.32 Å². The Kier molecular flexibility index (Phi) is 8.81. The number of amides is 2. The number of fused-ring (bicyclic) bond motifs is 7. The average molecular weight is 689 g/mol. The highest BCUT2D eigenvalue weighted by Crippen LogP contribution is 2.76. The van der Waals surface area contributed by atoms with Crippen molar-refractivity contribution < 1.29 is 28.7 Å². The van der Waals surface area contributed by atoms with Crippen LogP contribution in [-0.4, -0.2) is 41.2 Å². The molecular weight excluding hydrogens is 637 g/mol. The molecule has 5 aliphatic rings. The number of hydrogen-bond acceptors (Lipinski definition) is 7. The Morgan fingerprint density at radius 2 is 1.41 bits per heavy atom. The van der Waals surface area contributed by atoms with Gasteiger partial charge < -0.3 is 20.5 Å². The molecule has 1 aromatic rings. The van der Waals surface area contributed by atoms with Gasteiger partial charge in [-0.25, -0.2) is 0 Å². The third-order valence-corrected chi connectivity index (χ3v) is 14.7. The summed E-state index contributed by atoms with van der Waals surface area (Å²) in [6.07, 6.45) is 11.7. The quantitative estimate of drug-likeness (QED) is 0.232. The first-order valence-corrected chi connectivity index (χ1v) is 18.6. The molecule has 2 amide bonds. The Bertz CT molecular complexity index is 1680. The number of rotatable bonds is 6. The van der Waals surface area contributed by atoms with E-state index in [1.165, 1.54) is 26.3 Å². The fourth-order valence-electron chi connectivity index (χ4n) is 10.4. The molecule has 0 saturated heterocycles. The van der Waals surface area contributed by atoms with E-state index in [0.29, 0.717) is 5.92 Å². The summed E-state index contributed by atoms with van der Waals surface area (Å²) in [6, 6.07) is 7.86. The molecule has 0 aromatic heterocycles. The Morgan fingerprint density at radius 3 is 2.00 bits per heavy atom. The second-order valence-electron chi connectivity index (χ2n) is 16.6. The molecule has 9 heteroatoms. The van der Waals surface area contributed by atoms with Crippen LogP contribution in [0, 0.1) is 33.0 Å². The van der Waals surface area contributed by atoms with Gasteiger partial charge in [-0.15, -0.1) is 11.8 Å². The van der Waals surface area contributed by atoms with Gasteiger partial charge in [-0.1, -0.05) is 46.3 Å². The van der Waals surface area contributed by atoms with Crippen LogP contribution in [0.5, 0.6) is 0 Å². The number of carbonyl (C=O) groups is 4. The number of thioether (sulfide) groups is 1. The third-order valence-electron chi connectivity index (χ3n) is 13.5. The second kappa shape index (κ2) is 12.2. The van der Waals surface area contributed by atoms with Gasteiger partial charge in [-0.2, -0.15) is 0 Å². The van der Waals surface area contributed by atoms with Crippen LogP contribution in [0.15, 0.2) is 64.1 Å². The van der Waals surface area contributed by atoms with Gasteiger partial charge in [-0.05, 0) is 115 Å². The minimum absolute atomic E-state index is 0.0658. The van der Waals surface area contributed by atoms with Crippen LogP contribution in [0.2, 0.25) is 0 Å². The maximum atomic E-state index is 12.8. The van der Waals surface area contributed by atoms with Crippen molar-refractivity contribution in [3.8, 4) is 0 Å². The van der Waals surface area contributed by atoms with Gasteiger partial charge in [0.25, 0.3) is 0 Å². The lowest BCUT2D eigenvalue weighted by Crippen LogP contribution is -2.63. The average Bonchev–Trinajstić information content (AvgIpc) is 3.01. The van der Waals surface area contributed by atoms with E-state index < -0.39 is 29.6 Å². The molecule has 3 fully saturated rings. The smallest absolute Gasteiger partial charge is 0.303 e. The van der Waals surface area contributed by atoms with Gasteiger partial charge in [0.05, 0.1) is 5.25 Å². The molecule has 0 spiro atoms. The highest BCUT2D eigenvalue weighted by molar-refractivity contribution is 8.00. The van der Waals surface area contributed by atoms with Crippen molar-refractivity contribution in [2.45, 2.75) is 123 Å². The number of nitrogens with one attached hydrogen (secondary N) is 1. The first-order chi connectivity index (χ1) is 22.8. The van der Waals surface area contributed by atoms with E-state index in [-0.39, 0.29) is 38.7 Å². The van der Waals surface area contributed by atoms with Crippen LogP contribution in [-0.2, 0) is 28.7 Å². The number of benzene rings is 1. The molecule has 9 atom stereocenters. The number of primary amides is 1.